The van der Waals surface area contributed by atoms with E-state index < -0.39 is 17.7 Å². The standard InChI is InChI=1S/C16H22N2O4/c1-16(2,3)22-15(20)17-9-11-7-8-12(14(19)21-4)18-13(11)10-5-6-10/h7-8,10H,5-6,9H2,1-4H3,(H,17,20). The van der Waals surface area contributed by atoms with Gasteiger partial charge in [-0.15, -0.1) is 0 Å². The molecule has 0 spiro atoms. The Bertz CT molecular complexity index is 574. The highest BCUT2D eigenvalue weighted by atomic mass is 16.6. The molecule has 120 valence electrons. The van der Waals surface area contributed by atoms with Gasteiger partial charge in [-0.2, -0.15) is 0 Å². The van der Waals surface area contributed by atoms with E-state index in [-0.39, 0.29) is 0 Å². The van der Waals surface area contributed by atoms with Crippen molar-refractivity contribution in [3.63, 3.8) is 0 Å². The van der Waals surface area contributed by atoms with Gasteiger partial charge in [0.05, 0.1) is 7.11 Å². The van der Waals surface area contributed by atoms with Crippen LogP contribution in [0.5, 0.6) is 0 Å². The molecule has 0 atom stereocenters. The third kappa shape index (κ3) is 4.44. The Hall–Kier alpha value is -2.11. The predicted molar refractivity (Wildman–Crippen MR) is 80.6 cm³/mol. The summed E-state index contributed by atoms with van der Waals surface area (Å²) in [5, 5.41) is 2.72. The van der Waals surface area contributed by atoms with Crippen LogP contribution in [0.3, 0.4) is 0 Å². The number of pyridine rings is 1. The van der Waals surface area contributed by atoms with Crippen molar-refractivity contribution in [2.45, 2.75) is 51.7 Å². The molecule has 1 aromatic heterocycles. The number of aromatic nitrogens is 1. The smallest absolute Gasteiger partial charge is 0.407 e. The van der Waals surface area contributed by atoms with Crippen LogP contribution in [0, 0.1) is 0 Å². The molecule has 1 saturated carbocycles. The van der Waals surface area contributed by atoms with Gasteiger partial charge in [0.2, 0.25) is 0 Å². The maximum absolute atomic E-state index is 11.7. The summed E-state index contributed by atoms with van der Waals surface area (Å²) in [6.45, 7) is 5.77. The molecule has 6 heteroatoms. The molecule has 1 aromatic rings. The van der Waals surface area contributed by atoms with E-state index in [4.69, 9.17) is 9.47 Å². The molecule has 1 fully saturated rings. The van der Waals surface area contributed by atoms with Crippen molar-refractivity contribution in [3.8, 4) is 0 Å². The van der Waals surface area contributed by atoms with E-state index in [0.29, 0.717) is 18.2 Å². The van der Waals surface area contributed by atoms with Crippen molar-refractivity contribution >= 4 is 12.1 Å². The molecule has 0 unspecified atom stereocenters. The molecular weight excluding hydrogens is 284 g/mol. The van der Waals surface area contributed by atoms with Gasteiger partial charge in [-0.3, -0.25) is 0 Å². The van der Waals surface area contributed by atoms with Crippen LogP contribution in [-0.2, 0) is 16.0 Å². The average molecular weight is 306 g/mol. The number of hydrogen-bond donors (Lipinski definition) is 1. The minimum atomic E-state index is -0.531. The highest BCUT2D eigenvalue weighted by Gasteiger charge is 2.29. The summed E-state index contributed by atoms with van der Waals surface area (Å²) in [4.78, 5) is 27.7. The number of esters is 1. The number of rotatable bonds is 4. The number of alkyl carbamates (subject to hydrolysis) is 1. The minimum Gasteiger partial charge on any atom is -0.464 e. The summed E-state index contributed by atoms with van der Waals surface area (Å²) in [6, 6.07) is 3.42. The molecule has 22 heavy (non-hydrogen) atoms. The molecule has 2 rings (SSSR count). The summed E-state index contributed by atoms with van der Waals surface area (Å²) in [7, 11) is 1.33. The number of ether oxygens (including phenoxy) is 2. The number of carbonyl (C=O) groups is 2. The lowest BCUT2D eigenvalue weighted by molar-refractivity contribution is 0.0521. The first-order valence-corrected chi connectivity index (χ1v) is 7.35. The summed E-state index contributed by atoms with van der Waals surface area (Å²) in [6.07, 6.45) is 1.64. The van der Waals surface area contributed by atoms with Gasteiger partial charge in [0, 0.05) is 18.2 Å². The Kier molecular flexibility index (Phi) is 4.68. The molecule has 1 amide bonds. The van der Waals surface area contributed by atoms with Crippen molar-refractivity contribution in [1.82, 2.24) is 10.3 Å². The maximum Gasteiger partial charge on any atom is 0.407 e. The second-order valence-corrected chi connectivity index (χ2v) is 6.36. The van der Waals surface area contributed by atoms with E-state index in [9.17, 15) is 9.59 Å². The zero-order valence-corrected chi connectivity index (χ0v) is 13.4. The van der Waals surface area contributed by atoms with E-state index in [2.05, 4.69) is 10.3 Å². The zero-order chi connectivity index (χ0) is 16.3. The van der Waals surface area contributed by atoms with E-state index in [1.165, 1.54) is 7.11 Å². The van der Waals surface area contributed by atoms with Crippen molar-refractivity contribution in [2.75, 3.05) is 7.11 Å². The lowest BCUT2D eigenvalue weighted by Crippen LogP contribution is -2.32. The Morgan fingerprint density at radius 2 is 2.00 bits per heavy atom. The second-order valence-electron chi connectivity index (χ2n) is 6.36. The van der Waals surface area contributed by atoms with Gasteiger partial charge in [0.25, 0.3) is 0 Å². The fourth-order valence-electron chi connectivity index (χ4n) is 2.06. The molecule has 0 aromatic carbocycles. The summed E-state index contributed by atoms with van der Waals surface area (Å²) < 4.78 is 9.90. The van der Waals surface area contributed by atoms with Crippen LogP contribution in [0.15, 0.2) is 12.1 Å². The van der Waals surface area contributed by atoms with E-state index >= 15 is 0 Å². The van der Waals surface area contributed by atoms with Gasteiger partial charge in [-0.05, 0) is 45.2 Å². The highest BCUT2D eigenvalue weighted by molar-refractivity contribution is 5.87. The van der Waals surface area contributed by atoms with Crippen LogP contribution in [0.4, 0.5) is 4.79 Å². The molecule has 1 N–H and O–H groups in total. The maximum atomic E-state index is 11.7. The van der Waals surface area contributed by atoms with Gasteiger partial charge in [0.1, 0.15) is 11.3 Å². The normalized spacial score (nSPS) is 14.4. The number of nitrogens with zero attached hydrogens (tertiary/aromatic N) is 1. The minimum absolute atomic E-state index is 0.297. The van der Waals surface area contributed by atoms with Crippen molar-refractivity contribution in [3.05, 3.63) is 29.1 Å². The lowest BCUT2D eigenvalue weighted by atomic mass is 10.1. The van der Waals surface area contributed by atoms with Crippen LogP contribution in [0.1, 0.15) is 61.3 Å². The number of carbonyl (C=O) groups excluding carboxylic acids is 2. The monoisotopic (exact) mass is 306 g/mol. The molecule has 6 nitrogen and oxygen atoms in total. The van der Waals surface area contributed by atoms with E-state index in [0.717, 1.165) is 24.1 Å². The summed E-state index contributed by atoms with van der Waals surface area (Å²) in [5.41, 5.74) is 1.53. The fourth-order valence-corrected chi connectivity index (χ4v) is 2.06. The summed E-state index contributed by atoms with van der Waals surface area (Å²) in [5.74, 6) is -0.0893. The third-order valence-corrected chi connectivity index (χ3v) is 3.19. The molecule has 0 aliphatic heterocycles. The summed E-state index contributed by atoms with van der Waals surface area (Å²) >= 11 is 0. The van der Waals surface area contributed by atoms with Gasteiger partial charge in [0.15, 0.2) is 0 Å². The van der Waals surface area contributed by atoms with Crippen molar-refractivity contribution < 1.29 is 19.1 Å². The zero-order valence-electron chi connectivity index (χ0n) is 13.4. The third-order valence-electron chi connectivity index (χ3n) is 3.19. The molecule has 0 radical (unpaired) electrons. The Balaban J connectivity index is 2.07. The van der Waals surface area contributed by atoms with E-state index in [1.807, 2.05) is 26.8 Å². The predicted octanol–water partition coefficient (Wildman–Crippen LogP) is 2.77. The average Bonchev–Trinajstić information content (AvgIpc) is 3.26. The first-order chi connectivity index (χ1) is 10.3. The number of methoxy groups -OCH3 is 1. The Labute approximate surface area is 130 Å². The van der Waals surface area contributed by atoms with Gasteiger partial charge >= 0.3 is 12.1 Å². The lowest BCUT2D eigenvalue weighted by Gasteiger charge is -2.20. The van der Waals surface area contributed by atoms with Crippen LogP contribution in [0.25, 0.3) is 0 Å². The van der Waals surface area contributed by atoms with Crippen LogP contribution < -0.4 is 5.32 Å². The second kappa shape index (κ2) is 6.34. The van der Waals surface area contributed by atoms with Gasteiger partial charge < -0.3 is 14.8 Å². The molecular formula is C16H22N2O4. The number of hydrogen-bond acceptors (Lipinski definition) is 5. The number of nitrogens with one attached hydrogen (secondary N) is 1. The highest BCUT2D eigenvalue weighted by Crippen LogP contribution is 2.40. The quantitative estimate of drug-likeness (QED) is 0.865. The van der Waals surface area contributed by atoms with Crippen LogP contribution in [0.2, 0.25) is 0 Å². The van der Waals surface area contributed by atoms with Gasteiger partial charge in [-0.25, -0.2) is 14.6 Å². The van der Waals surface area contributed by atoms with E-state index in [1.54, 1.807) is 6.07 Å². The topological polar surface area (TPSA) is 77.5 Å². The van der Waals surface area contributed by atoms with Crippen molar-refractivity contribution in [2.24, 2.45) is 0 Å². The SMILES string of the molecule is COC(=O)c1ccc(CNC(=O)OC(C)(C)C)c(C2CC2)n1. The molecule has 1 heterocycles. The molecule has 0 saturated heterocycles. The fraction of sp³-hybridized carbons (Fsp3) is 0.562. The van der Waals surface area contributed by atoms with Crippen molar-refractivity contribution in [1.29, 1.82) is 0 Å². The number of amides is 1. The Morgan fingerprint density at radius 1 is 1.32 bits per heavy atom. The van der Waals surface area contributed by atoms with Crippen LogP contribution in [-0.4, -0.2) is 29.8 Å². The first-order valence-electron chi connectivity index (χ1n) is 7.35. The van der Waals surface area contributed by atoms with Gasteiger partial charge in [-0.1, -0.05) is 6.07 Å². The molecule has 1 aliphatic rings. The first kappa shape index (κ1) is 16.3. The molecule has 0 bridgehead atoms. The van der Waals surface area contributed by atoms with Crippen LogP contribution >= 0.6 is 0 Å². The largest absolute Gasteiger partial charge is 0.464 e. The molecule has 1 aliphatic carbocycles. The Morgan fingerprint density at radius 3 is 2.55 bits per heavy atom.